The van der Waals surface area contributed by atoms with Gasteiger partial charge in [-0.3, -0.25) is 4.72 Å². The van der Waals surface area contributed by atoms with Crippen LogP contribution in [0.15, 0.2) is 12.4 Å². The van der Waals surface area contributed by atoms with Crippen molar-refractivity contribution in [2.45, 2.75) is 0 Å². The second kappa shape index (κ2) is 2.04. The van der Waals surface area contributed by atoms with E-state index >= 15 is 0 Å². The molecule has 0 aromatic carbocycles. The Balaban J connectivity index is 3.95. The Kier molecular flexibility index (Phi) is 1.86. The molecule has 3 N–H and O–H groups in total. The molecular weight excluding hydrogens is 128 g/mol. The van der Waals surface area contributed by atoms with E-state index < -0.39 is 10.0 Å². The molecule has 0 saturated carbocycles. The summed E-state index contributed by atoms with van der Waals surface area (Å²) in [7, 11) is -3.20. The summed E-state index contributed by atoms with van der Waals surface area (Å²) in [5, 5.41) is 0. The van der Waals surface area contributed by atoms with Crippen molar-refractivity contribution in [3.8, 4) is 0 Å². The molecule has 0 heterocycles. The zero-order chi connectivity index (χ0) is 6.78. The SMILES string of the molecule is C=C(N)NS(C)(=O)=O. The fourth-order valence-corrected chi connectivity index (χ4v) is 0.714. The first-order valence-electron chi connectivity index (χ1n) is 1.84. The summed E-state index contributed by atoms with van der Waals surface area (Å²) in [6.45, 7) is 3.13. The second-order valence-corrected chi connectivity index (χ2v) is 3.15. The number of hydrogen-bond donors (Lipinski definition) is 2. The van der Waals surface area contributed by atoms with E-state index in [1.807, 2.05) is 4.72 Å². The summed E-state index contributed by atoms with van der Waals surface area (Å²) in [6.07, 6.45) is 1.00. The molecule has 0 rings (SSSR count). The molecule has 5 heteroatoms. The number of sulfonamides is 1. The second-order valence-electron chi connectivity index (χ2n) is 1.40. The monoisotopic (exact) mass is 136 g/mol. The van der Waals surface area contributed by atoms with Gasteiger partial charge in [0.1, 0.15) is 5.82 Å². The third-order valence-electron chi connectivity index (χ3n) is 0.316. The van der Waals surface area contributed by atoms with E-state index in [9.17, 15) is 8.42 Å². The van der Waals surface area contributed by atoms with Gasteiger partial charge in [0.15, 0.2) is 0 Å². The lowest BCUT2D eigenvalue weighted by atomic mass is 10.9. The van der Waals surface area contributed by atoms with E-state index in [0.29, 0.717) is 0 Å². The third kappa shape index (κ3) is 5.29. The van der Waals surface area contributed by atoms with E-state index in [4.69, 9.17) is 5.73 Å². The predicted molar refractivity (Wildman–Crippen MR) is 31.3 cm³/mol. The van der Waals surface area contributed by atoms with Crippen molar-refractivity contribution in [1.82, 2.24) is 4.72 Å². The number of hydrogen-bond acceptors (Lipinski definition) is 3. The van der Waals surface area contributed by atoms with Crippen LogP contribution in [0.25, 0.3) is 0 Å². The lowest BCUT2D eigenvalue weighted by Crippen LogP contribution is -2.25. The molecule has 0 atom stereocenters. The van der Waals surface area contributed by atoms with Crippen molar-refractivity contribution >= 4 is 10.0 Å². The molecule has 0 aromatic rings. The molecule has 4 nitrogen and oxygen atoms in total. The van der Waals surface area contributed by atoms with Crippen molar-refractivity contribution < 1.29 is 8.42 Å². The summed E-state index contributed by atoms with van der Waals surface area (Å²) in [5.74, 6) is -0.0625. The van der Waals surface area contributed by atoms with Crippen LogP contribution in [0.2, 0.25) is 0 Å². The maximum Gasteiger partial charge on any atom is 0.230 e. The molecule has 0 unspecified atom stereocenters. The van der Waals surface area contributed by atoms with Gasteiger partial charge in [0.05, 0.1) is 6.26 Å². The highest BCUT2D eigenvalue weighted by Crippen LogP contribution is 1.74. The minimum absolute atomic E-state index is 0.0625. The van der Waals surface area contributed by atoms with Crippen LogP contribution in [0.1, 0.15) is 0 Å². The van der Waals surface area contributed by atoms with Gasteiger partial charge in [-0.2, -0.15) is 0 Å². The highest BCUT2D eigenvalue weighted by molar-refractivity contribution is 7.88. The van der Waals surface area contributed by atoms with E-state index in [1.54, 1.807) is 0 Å². The van der Waals surface area contributed by atoms with Gasteiger partial charge in [-0.1, -0.05) is 6.58 Å². The van der Waals surface area contributed by atoms with Gasteiger partial charge in [0.25, 0.3) is 0 Å². The van der Waals surface area contributed by atoms with Gasteiger partial charge in [0, 0.05) is 0 Å². The van der Waals surface area contributed by atoms with Crippen molar-refractivity contribution in [2.24, 2.45) is 5.73 Å². The van der Waals surface area contributed by atoms with E-state index in [-0.39, 0.29) is 5.82 Å². The van der Waals surface area contributed by atoms with Gasteiger partial charge in [0.2, 0.25) is 10.0 Å². The first-order valence-corrected chi connectivity index (χ1v) is 3.73. The van der Waals surface area contributed by atoms with Crippen LogP contribution in [-0.2, 0) is 10.0 Å². The Labute approximate surface area is 48.4 Å². The molecule has 8 heavy (non-hydrogen) atoms. The van der Waals surface area contributed by atoms with Crippen LogP contribution in [-0.4, -0.2) is 14.7 Å². The summed E-state index contributed by atoms with van der Waals surface area (Å²) in [5.41, 5.74) is 4.89. The molecule has 0 aliphatic heterocycles. The van der Waals surface area contributed by atoms with Crippen molar-refractivity contribution in [1.29, 1.82) is 0 Å². The van der Waals surface area contributed by atoms with Crippen LogP contribution >= 0.6 is 0 Å². The lowest BCUT2D eigenvalue weighted by molar-refractivity contribution is 0.594. The molecule has 0 fully saturated rings. The lowest BCUT2D eigenvalue weighted by Gasteiger charge is -1.98. The van der Waals surface area contributed by atoms with Crippen LogP contribution in [0, 0.1) is 0 Å². The fourth-order valence-electron chi connectivity index (χ4n) is 0.238. The zero-order valence-corrected chi connectivity index (χ0v) is 5.33. The van der Waals surface area contributed by atoms with Gasteiger partial charge >= 0.3 is 0 Å². The topological polar surface area (TPSA) is 72.2 Å². The van der Waals surface area contributed by atoms with E-state index in [2.05, 4.69) is 6.58 Å². The highest BCUT2D eigenvalue weighted by Gasteiger charge is 1.96. The Morgan fingerprint density at radius 2 is 2.12 bits per heavy atom. The summed E-state index contributed by atoms with van der Waals surface area (Å²) in [4.78, 5) is 0. The van der Waals surface area contributed by atoms with Gasteiger partial charge in [-0.25, -0.2) is 8.42 Å². The molecule has 0 bridgehead atoms. The molecule has 0 aromatic heterocycles. The van der Waals surface area contributed by atoms with Crippen molar-refractivity contribution in [3.63, 3.8) is 0 Å². The van der Waals surface area contributed by atoms with Gasteiger partial charge in [-0.15, -0.1) is 0 Å². The minimum atomic E-state index is -3.20. The molecular formula is C3H8N2O2S. The largest absolute Gasteiger partial charge is 0.385 e. The molecule has 48 valence electrons. The Morgan fingerprint density at radius 3 is 2.12 bits per heavy atom. The maximum atomic E-state index is 10.2. The predicted octanol–water partition coefficient (Wildman–Crippen LogP) is -1.03. The van der Waals surface area contributed by atoms with Crippen molar-refractivity contribution in [3.05, 3.63) is 12.4 Å². The number of nitrogens with one attached hydrogen (secondary N) is 1. The third-order valence-corrected chi connectivity index (χ3v) is 0.949. The summed E-state index contributed by atoms with van der Waals surface area (Å²) >= 11 is 0. The maximum absolute atomic E-state index is 10.2. The molecule has 0 radical (unpaired) electrons. The molecule has 0 saturated heterocycles. The van der Waals surface area contributed by atoms with E-state index in [1.165, 1.54) is 0 Å². The van der Waals surface area contributed by atoms with Crippen LogP contribution in [0.5, 0.6) is 0 Å². The summed E-state index contributed by atoms with van der Waals surface area (Å²) < 4.78 is 22.3. The quantitative estimate of drug-likeness (QED) is 0.509. The first kappa shape index (κ1) is 7.29. The average molecular weight is 136 g/mol. The molecule has 0 spiro atoms. The van der Waals surface area contributed by atoms with Gasteiger partial charge in [-0.05, 0) is 0 Å². The Hall–Kier alpha value is -0.710. The summed E-state index contributed by atoms with van der Waals surface area (Å²) in [6, 6.07) is 0. The Bertz CT molecular complexity index is 181. The van der Waals surface area contributed by atoms with Crippen molar-refractivity contribution in [2.75, 3.05) is 6.26 Å². The first-order chi connectivity index (χ1) is 3.42. The van der Waals surface area contributed by atoms with Crippen LogP contribution in [0.4, 0.5) is 0 Å². The normalized spacial score (nSPS) is 10.6. The van der Waals surface area contributed by atoms with E-state index in [0.717, 1.165) is 6.26 Å². The molecule has 0 amide bonds. The molecule has 0 aliphatic carbocycles. The number of rotatable bonds is 2. The van der Waals surface area contributed by atoms with Gasteiger partial charge < -0.3 is 5.73 Å². The van der Waals surface area contributed by atoms with Crippen LogP contribution < -0.4 is 10.5 Å². The minimum Gasteiger partial charge on any atom is -0.385 e. The average Bonchev–Trinajstić information content (AvgIpc) is 1.21. The standard InChI is InChI=1S/C3H8N2O2S/c1-3(4)5-8(2,6)7/h5H,1,4H2,2H3. The Morgan fingerprint density at radius 1 is 1.75 bits per heavy atom. The smallest absolute Gasteiger partial charge is 0.230 e. The number of nitrogens with two attached hydrogens (primary N) is 1. The zero-order valence-electron chi connectivity index (χ0n) is 4.51. The molecule has 0 aliphatic rings. The fraction of sp³-hybridized carbons (Fsp3) is 0.333. The van der Waals surface area contributed by atoms with Crippen LogP contribution in [0.3, 0.4) is 0 Å². The highest BCUT2D eigenvalue weighted by atomic mass is 32.2.